The lowest BCUT2D eigenvalue weighted by Crippen LogP contribution is -2.43. The number of hydrogen-bond acceptors (Lipinski definition) is 3. The zero-order chi connectivity index (χ0) is 12.1. The summed E-state index contributed by atoms with van der Waals surface area (Å²) >= 11 is 0. The van der Waals surface area contributed by atoms with Crippen molar-refractivity contribution in [2.24, 2.45) is 5.92 Å². The number of methoxy groups -OCH3 is 1. The van der Waals surface area contributed by atoms with E-state index >= 15 is 0 Å². The van der Waals surface area contributed by atoms with Crippen LogP contribution in [0.5, 0.6) is 0 Å². The quantitative estimate of drug-likeness (QED) is 0.799. The van der Waals surface area contributed by atoms with Crippen LogP contribution in [0.1, 0.15) is 44.9 Å². The minimum absolute atomic E-state index is 0.131. The number of rotatable bonds is 5. The summed E-state index contributed by atoms with van der Waals surface area (Å²) in [5.41, 5.74) is 0. The lowest BCUT2D eigenvalue weighted by atomic mass is 9.99. The van der Waals surface area contributed by atoms with E-state index in [1.807, 2.05) is 0 Å². The summed E-state index contributed by atoms with van der Waals surface area (Å²) < 4.78 is 5.41. The third-order valence-electron chi connectivity index (χ3n) is 4.34. The largest absolute Gasteiger partial charge is 0.392 e. The van der Waals surface area contributed by atoms with Gasteiger partial charge in [0.1, 0.15) is 0 Å². The van der Waals surface area contributed by atoms with Gasteiger partial charge in [-0.3, -0.25) is 4.90 Å². The topological polar surface area (TPSA) is 32.7 Å². The Morgan fingerprint density at radius 1 is 1.24 bits per heavy atom. The van der Waals surface area contributed by atoms with Crippen LogP contribution in [0.15, 0.2) is 0 Å². The monoisotopic (exact) mass is 241 g/mol. The SMILES string of the molecule is COC1CCCN(CC(O)CC2CCCC2)C1. The molecule has 0 aromatic carbocycles. The van der Waals surface area contributed by atoms with Gasteiger partial charge in [-0.1, -0.05) is 25.7 Å². The van der Waals surface area contributed by atoms with Crippen molar-refractivity contribution >= 4 is 0 Å². The molecule has 17 heavy (non-hydrogen) atoms. The molecule has 0 bridgehead atoms. The van der Waals surface area contributed by atoms with Gasteiger partial charge in [0.15, 0.2) is 0 Å². The molecule has 3 heteroatoms. The van der Waals surface area contributed by atoms with Gasteiger partial charge in [0.25, 0.3) is 0 Å². The molecular formula is C14H27NO2. The molecule has 2 aliphatic rings. The fraction of sp³-hybridized carbons (Fsp3) is 1.00. The van der Waals surface area contributed by atoms with Crippen molar-refractivity contribution < 1.29 is 9.84 Å². The molecule has 1 aliphatic heterocycles. The van der Waals surface area contributed by atoms with Gasteiger partial charge in [-0.05, 0) is 31.7 Å². The van der Waals surface area contributed by atoms with E-state index in [0.717, 1.165) is 32.0 Å². The summed E-state index contributed by atoms with van der Waals surface area (Å²) in [6.45, 7) is 2.97. The highest BCUT2D eigenvalue weighted by Gasteiger charge is 2.24. The summed E-state index contributed by atoms with van der Waals surface area (Å²) in [5.74, 6) is 0.785. The number of likely N-dealkylation sites (tertiary alicyclic amines) is 1. The average molecular weight is 241 g/mol. The molecule has 1 N–H and O–H groups in total. The standard InChI is InChI=1S/C14H27NO2/c1-17-14-7-4-8-15(11-14)10-13(16)9-12-5-2-3-6-12/h12-14,16H,2-11H2,1H3. The van der Waals surface area contributed by atoms with Crippen molar-refractivity contribution in [3.8, 4) is 0 Å². The number of β-amino-alcohol motifs (C(OH)–C–C–N with tert-alkyl or cyclic N) is 1. The summed E-state index contributed by atoms with van der Waals surface area (Å²) in [5, 5.41) is 10.1. The third kappa shape index (κ3) is 4.23. The maximum absolute atomic E-state index is 10.1. The molecule has 2 rings (SSSR count). The predicted octanol–water partition coefficient (Wildman–Crippen LogP) is 2.04. The van der Waals surface area contributed by atoms with Crippen molar-refractivity contribution in [1.29, 1.82) is 0 Å². The molecule has 2 unspecified atom stereocenters. The third-order valence-corrected chi connectivity index (χ3v) is 4.34. The average Bonchev–Trinajstić information content (AvgIpc) is 2.82. The second-order valence-corrected chi connectivity index (χ2v) is 5.80. The second-order valence-electron chi connectivity index (χ2n) is 5.80. The first kappa shape index (κ1) is 13.3. The predicted molar refractivity (Wildman–Crippen MR) is 69.1 cm³/mol. The molecule has 1 heterocycles. The summed E-state index contributed by atoms with van der Waals surface area (Å²) in [7, 11) is 1.79. The van der Waals surface area contributed by atoms with Gasteiger partial charge in [-0.15, -0.1) is 0 Å². The molecular weight excluding hydrogens is 214 g/mol. The smallest absolute Gasteiger partial charge is 0.0698 e. The van der Waals surface area contributed by atoms with Crippen molar-refractivity contribution in [3.63, 3.8) is 0 Å². The van der Waals surface area contributed by atoms with Crippen LogP contribution in [0.3, 0.4) is 0 Å². The van der Waals surface area contributed by atoms with Crippen LogP contribution in [-0.2, 0) is 4.74 Å². The number of ether oxygens (including phenoxy) is 1. The van der Waals surface area contributed by atoms with Crippen LogP contribution in [-0.4, -0.2) is 49.0 Å². The molecule has 0 amide bonds. The normalized spacial score (nSPS) is 29.6. The van der Waals surface area contributed by atoms with Crippen LogP contribution in [0.2, 0.25) is 0 Å². The maximum atomic E-state index is 10.1. The molecule has 1 aliphatic carbocycles. The zero-order valence-electron chi connectivity index (χ0n) is 11.1. The van der Waals surface area contributed by atoms with E-state index in [-0.39, 0.29) is 6.10 Å². The molecule has 3 nitrogen and oxygen atoms in total. The maximum Gasteiger partial charge on any atom is 0.0698 e. The van der Waals surface area contributed by atoms with Crippen LogP contribution in [0, 0.1) is 5.92 Å². The summed E-state index contributed by atoms with van der Waals surface area (Å²) in [6.07, 6.45) is 9.03. The number of piperidine rings is 1. The van der Waals surface area contributed by atoms with Crippen LogP contribution < -0.4 is 0 Å². The van der Waals surface area contributed by atoms with Crippen LogP contribution in [0.25, 0.3) is 0 Å². The minimum Gasteiger partial charge on any atom is -0.392 e. The Kier molecular flexibility index (Phi) is 5.26. The summed E-state index contributed by atoms with van der Waals surface area (Å²) in [4.78, 5) is 2.37. The Labute approximate surface area is 105 Å². The van der Waals surface area contributed by atoms with Gasteiger partial charge in [0, 0.05) is 20.2 Å². The molecule has 0 radical (unpaired) electrons. The van der Waals surface area contributed by atoms with E-state index in [0.29, 0.717) is 6.10 Å². The number of aliphatic hydroxyl groups is 1. The fourth-order valence-electron chi connectivity index (χ4n) is 3.37. The Morgan fingerprint density at radius 2 is 2.00 bits per heavy atom. The van der Waals surface area contributed by atoms with Gasteiger partial charge in [0.05, 0.1) is 12.2 Å². The Hall–Kier alpha value is -0.120. The van der Waals surface area contributed by atoms with Gasteiger partial charge in [-0.25, -0.2) is 0 Å². The molecule has 0 aromatic rings. The first-order chi connectivity index (χ1) is 8.28. The van der Waals surface area contributed by atoms with E-state index in [9.17, 15) is 5.11 Å². The van der Waals surface area contributed by atoms with Crippen molar-refractivity contribution in [1.82, 2.24) is 4.90 Å². The molecule has 2 fully saturated rings. The first-order valence-electron chi connectivity index (χ1n) is 7.21. The molecule has 100 valence electrons. The first-order valence-corrected chi connectivity index (χ1v) is 7.21. The molecule has 0 spiro atoms. The van der Waals surface area contributed by atoms with E-state index in [2.05, 4.69) is 4.90 Å². The fourth-order valence-corrected chi connectivity index (χ4v) is 3.37. The van der Waals surface area contributed by atoms with Gasteiger partial charge in [-0.2, -0.15) is 0 Å². The van der Waals surface area contributed by atoms with E-state index in [1.54, 1.807) is 7.11 Å². The highest BCUT2D eigenvalue weighted by molar-refractivity contribution is 4.77. The van der Waals surface area contributed by atoms with Crippen molar-refractivity contribution in [2.45, 2.75) is 57.2 Å². The zero-order valence-corrected chi connectivity index (χ0v) is 11.1. The van der Waals surface area contributed by atoms with Gasteiger partial charge in [0.2, 0.25) is 0 Å². The van der Waals surface area contributed by atoms with E-state index < -0.39 is 0 Å². The Morgan fingerprint density at radius 3 is 2.71 bits per heavy atom. The molecule has 1 saturated carbocycles. The lowest BCUT2D eigenvalue weighted by molar-refractivity contribution is 0.00920. The second kappa shape index (κ2) is 6.72. The van der Waals surface area contributed by atoms with Gasteiger partial charge >= 0.3 is 0 Å². The molecule has 1 saturated heterocycles. The van der Waals surface area contributed by atoms with Crippen LogP contribution in [0.4, 0.5) is 0 Å². The van der Waals surface area contributed by atoms with E-state index in [1.165, 1.54) is 38.5 Å². The van der Waals surface area contributed by atoms with Crippen LogP contribution >= 0.6 is 0 Å². The molecule has 0 aromatic heterocycles. The number of nitrogens with zero attached hydrogens (tertiary/aromatic N) is 1. The lowest BCUT2D eigenvalue weighted by Gasteiger charge is -2.33. The molecule has 2 atom stereocenters. The highest BCUT2D eigenvalue weighted by atomic mass is 16.5. The van der Waals surface area contributed by atoms with Gasteiger partial charge < -0.3 is 9.84 Å². The Balaban J connectivity index is 1.68. The van der Waals surface area contributed by atoms with E-state index in [4.69, 9.17) is 4.74 Å². The highest BCUT2D eigenvalue weighted by Crippen LogP contribution is 2.28. The number of hydrogen-bond donors (Lipinski definition) is 1. The van der Waals surface area contributed by atoms with Crippen molar-refractivity contribution in [3.05, 3.63) is 0 Å². The minimum atomic E-state index is -0.131. The Bertz CT molecular complexity index is 216. The van der Waals surface area contributed by atoms with Crippen molar-refractivity contribution in [2.75, 3.05) is 26.7 Å². The summed E-state index contributed by atoms with van der Waals surface area (Å²) in [6, 6.07) is 0. The number of aliphatic hydroxyl groups excluding tert-OH is 1.